The zero-order valence-electron chi connectivity index (χ0n) is 18.1. The van der Waals surface area contributed by atoms with E-state index in [2.05, 4.69) is 28.6 Å². The predicted octanol–water partition coefficient (Wildman–Crippen LogP) is 2.21. The van der Waals surface area contributed by atoms with Gasteiger partial charge in [-0.1, -0.05) is 12.1 Å². The highest BCUT2D eigenvalue weighted by Gasteiger charge is 2.27. The molecule has 0 saturated carbocycles. The van der Waals surface area contributed by atoms with Crippen molar-refractivity contribution >= 4 is 41.5 Å². The van der Waals surface area contributed by atoms with Crippen LogP contribution >= 0.6 is 24.0 Å². The Morgan fingerprint density at radius 2 is 2.13 bits per heavy atom. The molecule has 9 heteroatoms. The zero-order chi connectivity index (χ0) is 20.8. The number of carbonyl (C=O) groups is 1. The van der Waals surface area contributed by atoms with Gasteiger partial charge < -0.3 is 19.9 Å². The van der Waals surface area contributed by atoms with Crippen LogP contribution in [0, 0.1) is 6.92 Å². The van der Waals surface area contributed by atoms with Crippen molar-refractivity contribution in [3.05, 3.63) is 41.7 Å². The quantitative estimate of drug-likeness (QED) is 0.355. The van der Waals surface area contributed by atoms with E-state index in [1.807, 2.05) is 32.0 Å². The largest absolute Gasteiger partial charge is 0.496 e. The second-order valence-corrected chi connectivity index (χ2v) is 7.13. The average Bonchev–Trinajstić information content (AvgIpc) is 3.14. The topological polar surface area (TPSA) is 75.0 Å². The number of hydrogen-bond acceptors (Lipinski definition) is 4. The first-order valence-electron chi connectivity index (χ1n) is 9.97. The van der Waals surface area contributed by atoms with Crippen LogP contribution in [0.3, 0.4) is 0 Å². The molecule has 0 atom stereocenters. The Balaban J connectivity index is 0.00000320. The van der Waals surface area contributed by atoms with E-state index in [0.717, 1.165) is 42.5 Å². The lowest BCUT2D eigenvalue weighted by molar-refractivity contribution is -0.120. The molecule has 0 unspecified atom stereocenters. The molecule has 1 amide bonds. The third-order valence-corrected chi connectivity index (χ3v) is 4.99. The molecule has 0 aliphatic carbocycles. The summed E-state index contributed by atoms with van der Waals surface area (Å²) in [6.07, 6.45) is 4.40. The van der Waals surface area contributed by atoms with E-state index < -0.39 is 0 Å². The summed E-state index contributed by atoms with van der Waals surface area (Å²) in [6, 6.07) is 6.24. The summed E-state index contributed by atoms with van der Waals surface area (Å²) in [6.45, 7) is 7.12. The lowest BCUT2D eigenvalue weighted by Crippen LogP contribution is -2.55. The van der Waals surface area contributed by atoms with Crippen molar-refractivity contribution in [2.75, 3.05) is 44.7 Å². The minimum absolute atomic E-state index is 0. The van der Waals surface area contributed by atoms with Gasteiger partial charge in [0.05, 0.1) is 19.0 Å². The average molecular weight is 526 g/mol. The van der Waals surface area contributed by atoms with Crippen molar-refractivity contribution in [1.82, 2.24) is 20.0 Å². The second kappa shape index (κ2) is 11.2. The number of aromatic nitrogens is 2. The summed E-state index contributed by atoms with van der Waals surface area (Å²) in [5, 5.41) is 7.47. The molecule has 1 fully saturated rings. The van der Waals surface area contributed by atoms with Crippen LogP contribution in [-0.2, 0) is 18.3 Å². The van der Waals surface area contributed by atoms with E-state index in [0.29, 0.717) is 19.6 Å². The molecule has 2 aromatic rings. The molecule has 164 valence electrons. The summed E-state index contributed by atoms with van der Waals surface area (Å²) in [5.74, 6) is 1.74. The monoisotopic (exact) mass is 526 g/mol. The van der Waals surface area contributed by atoms with Crippen molar-refractivity contribution in [3.8, 4) is 5.75 Å². The SMILES string of the molecule is CCNC(=NCCc1ccc(C)c(OC)c1)N1CCN(c2cnn(C)c2)C(=O)C1.I. The molecule has 1 aromatic heterocycles. The van der Waals surface area contributed by atoms with Crippen LogP contribution in [0.25, 0.3) is 0 Å². The highest BCUT2D eigenvalue weighted by Crippen LogP contribution is 2.19. The fourth-order valence-electron chi connectivity index (χ4n) is 3.41. The highest BCUT2D eigenvalue weighted by atomic mass is 127. The van der Waals surface area contributed by atoms with Crippen LogP contribution in [0.2, 0.25) is 0 Å². The molecule has 0 spiro atoms. The molecule has 8 nitrogen and oxygen atoms in total. The van der Waals surface area contributed by atoms with Gasteiger partial charge in [0.25, 0.3) is 0 Å². The number of amides is 1. The van der Waals surface area contributed by atoms with Gasteiger partial charge in [0.1, 0.15) is 12.3 Å². The number of benzene rings is 1. The lowest BCUT2D eigenvalue weighted by Gasteiger charge is -2.35. The van der Waals surface area contributed by atoms with Gasteiger partial charge in [-0.3, -0.25) is 14.5 Å². The normalized spacial score (nSPS) is 14.5. The molecule has 1 aliphatic heterocycles. The lowest BCUT2D eigenvalue weighted by atomic mass is 10.1. The molecule has 1 N–H and O–H groups in total. The number of halogens is 1. The van der Waals surface area contributed by atoms with E-state index in [1.165, 1.54) is 5.56 Å². The number of guanidine groups is 1. The summed E-state index contributed by atoms with van der Waals surface area (Å²) < 4.78 is 7.11. The number of hydrogen-bond donors (Lipinski definition) is 1. The molecule has 1 aromatic carbocycles. The Morgan fingerprint density at radius 1 is 1.33 bits per heavy atom. The highest BCUT2D eigenvalue weighted by molar-refractivity contribution is 14.0. The molecule has 1 aliphatic rings. The number of aryl methyl sites for hydroxylation is 2. The van der Waals surface area contributed by atoms with Crippen molar-refractivity contribution in [2.45, 2.75) is 20.3 Å². The van der Waals surface area contributed by atoms with Crippen LogP contribution in [-0.4, -0.2) is 66.4 Å². The first kappa shape index (κ1) is 24.0. The molecular weight excluding hydrogens is 495 g/mol. The maximum atomic E-state index is 12.7. The molecule has 0 radical (unpaired) electrons. The number of rotatable bonds is 6. The van der Waals surface area contributed by atoms with Crippen molar-refractivity contribution in [3.63, 3.8) is 0 Å². The molecule has 30 heavy (non-hydrogen) atoms. The standard InChI is InChI=1S/C21H30N6O2.HI/c1-5-22-21(23-9-8-17-7-6-16(2)19(12-17)29-4)26-10-11-27(20(28)15-26)18-13-24-25(3)14-18;/h6-7,12-14H,5,8-11,15H2,1-4H3,(H,22,23);1H. The van der Waals surface area contributed by atoms with Crippen molar-refractivity contribution in [2.24, 2.45) is 12.0 Å². The van der Waals surface area contributed by atoms with Crippen LogP contribution in [0.1, 0.15) is 18.1 Å². The van der Waals surface area contributed by atoms with Gasteiger partial charge in [-0.05, 0) is 37.5 Å². The summed E-state index contributed by atoms with van der Waals surface area (Å²) in [4.78, 5) is 21.2. The Bertz CT molecular complexity index is 882. The van der Waals surface area contributed by atoms with Gasteiger partial charge in [-0.25, -0.2) is 0 Å². The number of carbonyl (C=O) groups excluding carboxylic acids is 1. The molecular formula is C21H31IN6O2. The fraction of sp³-hybridized carbons (Fsp3) is 0.476. The second-order valence-electron chi connectivity index (χ2n) is 7.13. The maximum Gasteiger partial charge on any atom is 0.246 e. The number of anilines is 1. The first-order chi connectivity index (χ1) is 14.0. The first-order valence-corrected chi connectivity index (χ1v) is 9.97. The number of methoxy groups -OCH3 is 1. The number of ether oxygens (including phenoxy) is 1. The Kier molecular flexibility index (Phi) is 8.94. The van der Waals surface area contributed by atoms with E-state index in [9.17, 15) is 4.79 Å². The number of nitrogens with one attached hydrogen (secondary N) is 1. The molecule has 3 rings (SSSR count). The third-order valence-electron chi connectivity index (χ3n) is 4.99. The van der Waals surface area contributed by atoms with Gasteiger partial charge in [0.2, 0.25) is 5.91 Å². The van der Waals surface area contributed by atoms with Crippen LogP contribution in [0.15, 0.2) is 35.6 Å². The van der Waals surface area contributed by atoms with E-state index in [-0.39, 0.29) is 29.9 Å². The van der Waals surface area contributed by atoms with E-state index >= 15 is 0 Å². The number of nitrogens with zero attached hydrogens (tertiary/aromatic N) is 5. The Labute approximate surface area is 195 Å². The van der Waals surface area contributed by atoms with Gasteiger partial charge in [0, 0.05) is 39.4 Å². The predicted molar refractivity (Wildman–Crippen MR) is 130 cm³/mol. The fourth-order valence-corrected chi connectivity index (χ4v) is 3.41. The van der Waals surface area contributed by atoms with Gasteiger partial charge in [-0.15, -0.1) is 24.0 Å². The molecule has 2 heterocycles. The van der Waals surface area contributed by atoms with Crippen molar-refractivity contribution < 1.29 is 9.53 Å². The van der Waals surface area contributed by atoms with Crippen LogP contribution in [0.5, 0.6) is 5.75 Å². The zero-order valence-corrected chi connectivity index (χ0v) is 20.4. The number of piperazine rings is 1. The van der Waals surface area contributed by atoms with E-state index in [4.69, 9.17) is 9.73 Å². The minimum Gasteiger partial charge on any atom is -0.496 e. The molecule has 1 saturated heterocycles. The Hall–Kier alpha value is -2.30. The van der Waals surface area contributed by atoms with E-state index in [1.54, 1.807) is 22.9 Å². The van der Waals surface area contributed by atoms with Gasteiger partial charge in [0.15, 0.2) is 5.96 Å². The van der Waals surface area contributed by atoms with Gasteiger partial charge in [-0.2, -0.15) is 5.10 Å². The Morgan fingerprint density at radius 3 is 2.77 bits per heavy atom. The third kappa shape index (κ3) is 5.87. The van der Waals surface area contributed by atoms with Crippen LogP contribution < -0.4 is 15.0 Å². The summed E-state index contributed by atoms with van der Waals surface area (Å²) >= 11 is 0. The summed E-state index contributed by atoms with van der Waals surface area (Å²) in [7, 11) is 3.54. The van der Waals surface area contributed by atoms with Crippen LogP contribution in [0.4, 0.5) is 5.69 Å². The number of aliphatic imine (C=N–C) groups is 1. The summed E-state index contributed by atoms with van der Waals surface area (Å²) in [5.41, 5.74) is 3.15. The minimum atomic E-state index is 0. The van der Waals surface area contributed by atoms with Crippen molar-refractivity contribution in [1.29, 1.82) is 0 Å². The smallest absolute Gasteiger partial charge is 0.246 e. The molecule has 0 bridgehead atoms. The van der Waals surface area contributed by atoms with Gasteiger partial charge >= 0.3 is 0 Å². The maximum absolute atomic E-state index is 12.7.